The first-order chi connectivity index (χ1) is 19.9. The maximum atomic E-state index is 14.2. The number of nitrogens with zero attached hydrogens (tertiary/aromatic N) is 2. The number of aryl methyl sites for hydroxylation is 2. The molecule has 3 aromatic rings. The van der Waals surface area contributed by atoms with Crippen molar-refractivity contribution in [1.29, 1.82) is 0 Å². The first-order valence-electron chi connectivity index (χ1n) is 13.1. The number of anilines is 1. The monoisotopic (exact) mass is 635 g/mol. The van der Waals surface area contributed by atoms with Crippen LogP contribution in [-0.4, -0.2) is 59.0 Å². The number of carbonyl (C=O) groups is 2. The number of hydrogen-bond acceptors (Lipinski definition) is 6. The molecule has 0 spiro atoms. The highest BCUT2D eigenvalue weighted by Crippen LogP contribution is 2.33. The van der Waals surface area contributed by atoms with Gasteiger partial charge in [-0.15, -0.1) is 0 Å². The number of sulfonamides is 1. The van der Waals surface area contributed by atoms with Crippen molar-refractivity contribution in [2.24, 2.45) is 0 Å². The normalized spacial score (nSPS) is 11.9. The lowest BCUT2D eigenvalue weighted by atomic mass is 10.1. The van der Waals surface area contributed by atoms with E-state index in [0.29, 0.717) is 33.5 Å². The largest absolute Gasteiger partial charge is 0.493 e. The Balaban J connectivity index is 2.14. The van der Waals surface area contributed by atoms with Crippen molar-refractivity contribution in [3.8, 4) is 11.5 Å². The summed E-state index contributed by atoms with van der Waals surface area (Å²) >= 11 is 12.3. The van der Waals surface area contributed by atoms with Crippen LogP contribution in [0.3, 0.4) is 0 Å². The minimum atomic E-state index is -4.31. The Morgan fingerprint density at radius 1 is 0.905 bits per heavy atom. The minimum Gasteiger partial charge on any atom is -0.493 e. The van der Waals surface area contributed by atoms with Gasteiger partial charge >= 0.3 is 0 Å². The van der Waals surface area contributed by atoms with Gasteiger partial charge in [0.25, 0.3) is 10.0 Å². The second kappa shape index (κ2) is 14.1. The Morgan fingerprint density at radius 3 is 2.10 bits per heavy atom. The second-order valence-corrected chi connectivity index (χ2v) is 12.4. The third-order valence-corrected chi connectivity index (χ3v) is 9.19. The van der Waals surface area contributed by atoms with Gasteiger partial charge in [0.2, 0.25) is 11.8 Å². The minimum absolute atomic E-state index is 0.00125. The summed E-state index contributed by atoms with van der Waals surface area (Å²) in [5, 5.41) is 3.24. The van der Waals surface area contributed by atoms with Crippen molar-refractivity contribution < 1.29 is 27.5 Å². The second-order valence-electron chi connectivity index (χ2n) is 9.68. The van der Waals surface area contributed by atoms with Crippen molar-refractivity contribution in [3.63, 3.8) is 0 Å². The fraction of sp³-hybridized carbons (Fsp3) is 0.333. The zero-order valence-corrected chi connectivity index (χ0v) is 26.7. The SMILES string of the molecule is CC[C@H](C(=O)NC)N(Cc1ccc(Cl)c(Cl)c1)C(=O)CN(c1cc(C)cc(C)c1)S(=O)(=O)c1ccc(OC)c(OC)c1. The van der Waals surface area contributed by atoms with Gasteiger partial charge in [-0.3, -0.25) is 13.9 Å². The standard InChI is InChI=1S/C30H35Cl2N3O6S/c1-7-26(30(37)33-4)34(17-21-8-10-24(31)25(32)15-21)29(36)18-35(22-13-19(2)12-20(3)14-22)42(38,39)23-9-11-27(40-5)28(16-23)41-6/h8-16,26H,7,17-18H2,1-6H3,(H,33,37)/t26-/m1/s1. The number of likely N-dealkylation sites (N-methyl/N-ethyl adjacent to an activating group) is 1. The predicted octanol–water partition coefficient (Wildman–Crippen LogP) is 5.38. The lowest BCUT2D eigenvalue weighted by Gasteiger charge is -2.33. The van der Waals surface area contributed by atoms with Gasteiger partial charge in [-0.2, -0.15) is 0 Å². The first-order valence-corrected chi connectivity index (χ1v) is 15.3. The number of hydrogen-bond donors (Lipinski definition) is 1. The summed E-state index contributed by atoms with van der Waals surface area (Å²) in [6, 6.07) is 13.6. The van der Waals surface area contributed by atoms with E-state index in [0.717, 1.165) is 15.4 Å². The van der Waals surface area contributed by atoms with E-state index in [2.05, 4.69) is 5.32 Å². The van der Waals surface area contributed by atoms with Crippen LogP contribution in [0.1, 0.15) is 30.0 Å². The van der Waals surface area contributed by atoms with Gasteiger partial charge < -0.3 is 19.7 Å². The molecule has 0 radical (unpaired) electrons. The molecule has 0 bridgehead atoms. The molecular formula is C30H35Cl2N3O6S. The van der Waals surface area contributed by atoms with Gasteiger partial charge in [-0.1, -0.05) is 42.3 Å². The van der Waals surface area contributed by atoms with E-state index in [1.54, 1.807) is 37.3 Å². The molecular weight excluding hydrogens is 601 g/mol. The summed E-state index contributed by atoms with van der Waals surface area (Å²) in [7, 11) is 0.0330. The number of methoxy groups -OCH3 is 2. The molecule has 2 amide bonds. The van der Waals surface area contributed by atoms with Crippen LogP contribution in [0.4, 0.5) is 5.69 Å². The van der Waals surface area contributed by atoms with Gasteiger partial charge in [0, 0.05) is 19.7 Å². The van der Waals surface area contributed by atoms with E-state index in [1.807, 2.05) is 19.9 Å². The predicted molar refractivity (Wildman–Crippen MR) is 165 cm³/mol. The first kappa shape index (κ1) is 33.0. The van der Waals surface area contributed by atoms with Crippen LogP contribution >= 0.6 is 23.2 Å². The summed E-state index contributed by atoms with van der Waals surface area (Å²) < 4.78 is 40.1. The van der Waals surface area contributed by atoms with Crippen molar-refractivity contribution in [2.75, 3.05) is 32.1 Å². The van der Waals surface area contributed by atoms with Gasteiger partial charge in [0.1, 0.15) is 12.6 Å². The molecule has 3 aromatic carbocycles. The molecule has 0 heterocycles. The fourth-order valence-corrected chi connectivity index (χ4v) is 6.38. The summed E-state index contributed by atoms with van der Waals surface area (Å²) in [5.74, 6) is -0.391. The Bertz CT molecular complexity index is 1540. The van der Waals surface area contributed by atoms with E-state index in [9.17, 15) is 18.0 Å². The fourth-order valence-electron chi connectivity index (χ4n) is 4.65. The molecule has 0 saturated carbocycles. The highest BCUT2D eigenvalue weighted by molar-refractivity contribution is 7.92. The van der Waals surface area contributed by atoms with Crippen LogP contribution in [0, 0.1) is 13.8 Å². The lowest BCUT2D eigenvalue weighted by molar-refractivity contribution is -0.140. The maximum Gasteiger partial charge on any atom is 0.264 e. The Kier molecular flexibility index (Phi) is 11.1. The molecule has 0 fully saturated rings. The van der Waals surface area contributed by atoms with E-state index in [1.165, 1.54) is 44.4 Å². The van der Waals surface area contributed by atoms with Crippen molar-refractivity contribution in [3.05, 3.63) is 81.3 Å². The molecule has 0 aliphatic rings. The number of ether oxygens (including phenoxy) is 2. The highest BCUT2D eigenvalue weighted by atomic mass is 35.5. The molecule has 42 heavy (non-hydrogen) atoms. The van der Waals surface area contributed by atoms with E-state index >= 15 is 0 Å². The van der Waals surface area contributed by atoms with E-state index in [4.69, 9.17) is 32.7 Å². The van der Waals surface area contributed by atoms with Crippen LogP contribution in [-0.2, 0) is 26.2 Å². The van der Waals surface area contributed by atoms with Crippen LogP contribution in [0.15, 0.2) is 59.5 Å². The molecule has 9 nitrogen and oxygen atoms in total. The van der Waals surface area contributed by atoms with E-state index in [-0.39, 0.29) is 23.1 Å². The van der Waals surface area contributed by atoms with Gasteiger partial charge in [0.05, 0.1) is 34.8 Å². The zero-order valence-electron chi connectivity index (χ0n) is 24.4. The molecule has 0 aromatic heterocycles. The zero-order chi connectivity index (χ0) is 31.2. The van der Waals surface area contributed by atoms with Gasteiger partial charge in [-0.05, 0) is 73.4 Å². The highest BCUT2D eigenvalue weighted by Gasteiger charge is 2.34. The van der Waals surface area contributed by atoms with E-state index < -0.39 is 28.5 Å². The molecule has 12 heteroatoms. The topological polar surface area (TPSA) is 105 Å². The number of halogens is 2. The molecule has 0 aliphatic heterocycles. The number of benzene rings is 3. The smallest absolute Gasteiger partial charge is 0.264 e. The molecule has 0 saturated heterocycles. The van der Waals surface area contributed by atoms with Crippen molar-refractivity contribution in [1.82, 2.24) is 10.2 Å². The Morgan fingerprint density at radius 2 is 1.55 bits per heavy atom. The van der Waals surface area contributed by atoms with Crippen molar-refractivity contribution in [2.45, 2.75) is 44.7 Å². The lowest BCUT2D eigenvalue weighted by Crippen LogP contribution is -2.51. The molecule has 226 valence electrons. The van der Waals surface area contributed by atoms with Gasteiger partial charge in [-0.25, -0.2) is 8.42 Å². The molecule has 3 rings (SSSR count). The summed E-state index contributed by atoms with van der Waals surface area (Å²) in [6.07, 6.45) is 0.290. The van der Waals surface area contributed by atoms with Crippen LogP contribution in [0.2, 0.25) is 10.0 Å². The summed E-state index contributed by atoms with van der Waals surface area (Å²) in [4.78, 5) is 28.3. The van der Waals surface area contributed by atoms with Crippen LogP contribution < -0.4 is 19.1 Å². The Labute approximate surface area is 257 Å². The Hall–Kier alpha value is -3.47. The average molecular weight is 637 g/mol. The van der Waals surface area contributed by atoms with Gasteiger partial charge in [0.15, 0.2) is 11.5 Å². The third-order valence-electron chi connectivity index (χ3n) is 6.69. The number of nitrogens with one attached hydrogen (secondary N) is 1. The van der Waals surface area contributed by atoms with Crippen molar-refractivity contribution >= 4 is 50.7 Å². The van der Waals surface area contributed by atoms with Crippen LogP contribution in [0.5, 0.6) is 11.5 Å². The van der Waals surface area contributed by atoms with Crippen LogP contribution in [0.25, 0.3) is 0 Å². The quantitative estimate of drug-likeness (QED) is 0.287. The summed E-state index contributed by atoms with van der Waals surface area (Å²) in [6.45, 7) is 4.88. The third kappa shape index (κ3) is 7.48. The summed E-state index contributed by atoms with van der Waals surface area (Å²) in [5.41, 5.74) is 2.56. The number of rotatable bonds is 12. The molecule has 1 N–H and O–H groups in total. The molecule has 0 aliphatic carbocycles. The maximum absolute atomic E-state index is 14.2. The number of amides is 2. The average Bonchev–Trinajstić information content (AvgIpc) is 2.96. The molecule has 0 unspecified atom stereocenters. The number of carbonyl (C=O) groups excluding carboxylic acids is 2. The molecule has 1 atom stereocenters.